The molecule has 0 N–H and O–H groups in total. The van der Waals surface area contributed by atoms with Crippen molar-refractivity contribution in [2.24, 2.45) is 0 Å². The molecule has 0 unspecified atom stereocenters. The van der Waals surface area contributed by atoms with Crippen molar-refractivity contribution in [2.45, 2.75) is 39.7 Å². The highest BCUT2D eigenvalue weighted by Gasteiger charge is 2.06. The van der Waals surface area contributed by atoms with Gasteiger partial charge in [0.2, 0.25) is 0 Å². The average molecular weight is 228 g/mol. The van der Waals surface area contributed by atoms with Crippen molar-refractivity contribution in [3.8, 4) is 11.1 Å². The lowest BCUT2D eigenvalue weighted by Gasteiger charge is -2.07. The lowest BCUT2D eigenvalue weighted by Crippen LogP contribution is -1.99. The van der Waals surface area contributed by atoms with E-state index in [0.29, 0.717) is 12.0 Å². The number of aromatic nitrogens is 2. The Hall–Kier alpha value is -1.57. The first kappa shape index (κ1) is 11.9. The van der Waals surface area contributed by atoms with E-state index in [-0.39, 0.29) is 0 Å². The fraction of sp³-hybridized carbons (Fsp3) is 0.400. The Balaban J connectivity index is 2.35. The molecule has 2 rings (SSSR count). The first-order valence-electron chi connectivity index (χ1n) is 6.22. The molecule has 0 aliphatic heterocycles. The molecule has 0 fully saturated rings. The van der Waals surface area contributed by atoms with Crippen LogP contribution in [0.15, 0.2) is 36.7 Å². The second kappa shape index (κ2) is 4.74. The van der Waals surface area contributed by atoms with Gasteiger partial charge in [0.05, 0.1) is 6.20 Å². The molecule has 2 aromatic rings. The molecule has 0 bridgehead atoms. The molecule has 0 spiro atoms. The Morgan fingerprint density at radius 1 is 1.06 bits per heavy atom. The van der Waals surface area contributed by atoms with Crippen molar-refractivity contribution in [3.05, 3.63) is 42.2 Å². The second-order valence-electron chi connectivity index (χ2n) is 5.08. The summed E-state index contributed by atoms with van der Waals surface area (Å²) >= 11 is 0. The molecule has 0 saturated carbocycles. The minimum absolute atomic E-state index is 0.414. The van der Waals surface area contributed by atoms with E-state index < -0.39 is 0 Å². The molecular weight excluding hydrogens is 208 g/mol. The maximum atomic E-state index is 4.38. The average Bonchev–Trinajstić information content (AvgIpc) is 2.78. The topological polar surface area (TPSA) is 17.8 Å². The first-order valence-corrected chi connectivity index (χ1v) is 6.22. The molecule has 1 heterocycles. The van der Waals surface area contributed by atoms with Crippen LogP contribution in [-0.4, -0.2) is 9.78 Å². The van der Waals surface area contributed by atoms with Gasteiger partial charge in [0, 0.05) is 17.8 Å². The van der Waals surface area contributed by atoms with Crippen LogP contribution < -0.4 is 0 Å². The predicted molar refractivity (Wildman–Crippen MR) is 72.1 cm³/mol. The van der Waals surface area contributed by atoms with Crippen molar-refractivity contribution in [2.75, 3.05) is 0 Å². The minimum atomic E-state index is 0.414. The third-order valence-electron chi connectivity index (χ3n) is 3.02. The van der Waals surface area contributed by atoms with Crippen LogP contribution in [0.1, 0.15) is 45.2 Å². The fourth-order valence-electron chi connectivity index (χ4n) is 1.85. The number of rotatable bonds is 3. The zero-order valence-electron chi connectivity index (χ0n) is 11.0. The van der Waals surface area contributed by atoms with Gasteiger partial charge in [-0.2, -0.15) is 5.10 Å². The summed E-state index contributed by atoms with van der Waals surface area (Å²) in [5.74, 6) is 0.565. The molecule has 0 amide bonds. The molecule has 2 nitrogen and oxygen atoms in total. The van der Waals surface area contributed by atoms with E-state index in [1.165, 1.54) is 16.7 Å². The monoisotopic (exact) mass is 228 g/mol. The molecule has 0 saturated heterocycles. The molecular formula is C15H20N2. The lowest BCUT2D eigenvalue weighted by atomic mass is 9.99. The molecule has 1 aromatic carbocycles. The van der Waals surface area contributed by atoms with Gasteiger partial charge in [0.25, 0.3) is 0 Å². The molecule has 2 heteroatoms. The summed E-state index contributed by atoms with van der Waals surface area (Å²) in [7, 11) is 0. The quantitative estimate of drug-likeness (QED) is 0.767. The van der Waals surface area contributed by atoms with Crippen LogP contribution in [0, 0.1) is 0 Å². The van der Waals surface area contributed by atoms with E-state index >= 15 is 0 Å². The number of hydrogen-bond donors (Lipinski definition) is 0. The zero-order valence-corrected chi connectivity index (χ0v) is 11.0. The molecule has 90 valence electrons. The van der Waals surface area contributed by atoms with E-state index in [1.54, 1.807) is 0 Å². The molecule has 0 aliphatic carbocycles. The van der Waals surface area contributed by atoms with Crippen LogP contribution in [-0.2, 0) is 0 Å². The van der Waals surface area contributed by atoms with Crippen molar-refractivity contribution < 1.29 is 0 Å². The van der Waals surface area contributed by atoms with Gasteiger partial charge >= 0.3 is 0 Å². The predicted octanol–water partition coefficient (Wildman–Crippen LogP) is 4.25. The van der Waals surface area contributed by atoms with Crippen LogP contribution >= 0.6 is 0 Å². The van der Waals surface area contributed by atoms with Crippen molar-refractivity contribution in [1.29, 1.82) is 0 Å². The summed E-state index contributed by atoms with van der Waals surface area (Å²) in [6, 6.07) is 9.12. The van der Waals surface area contributed by atoms with E-state index in [1.807, 2.05) is 10.9 Å². The van der Waals surface area contributed by atoms with Gasteiger partial charge in [0.1, 0.15) is 0 Å². The zero-order chi connectivity index (χ0) is 12.4. The Morgan fingerprint density at radius 3 is 2.41 bits per heavy atom. The van der Waals surface area contributed by atoms with Gasteiger partial charge in [-0.15, -0.1) is 0 Å². The summed E-state index contributed by atoms with van der Waals surface area (Å²) < 4.78 is 2.00. The first-order chi connectivity index (χ1) is 8.08. The normalized spacial score (nSPS) is 11.4. The molecule has 1 aromatic heterocycles. The highest BCUT2D eigenvalue weighted by Crippen LogP contribution is 2.24. The third-order valence-corrected chi connectivity index (χ3v) is 3.02. The molecule has 17 heavy (non-hydrogen) atoms. The lowest BCUT2D eigenvalue weighted by molar-refractivity contribution is 0.532. The van der Waals surface area contributed by atoms with E-state index in [9.17, 15) is 0 Å². The van der Waals surface area contributed by atoms with Crippen molar-refractivity contribution in [1.82, 2.24) is 9.78 Å². The highest BCUT2D eigenvalue weighted by molar-refractivity contribution is 5.62. The van der Waals surface area contributed by atoms with Crippen molar-refractivity contribution in [3.63, 3.8) is 0 Å². The van der Waals surface area contributed by atoms with Crippen LogP contribution in [0.3, 0.4) is 0 Å². The number of nitrogens with zero attached hydrogens (tertiary/aromatic N) is 2. The van der Waals surface area contributed by atoms with Gasteiger partial charge in [-0.3, -0.25) is 4.68 Å². The highest BCUT2D eigenvalue weighted by atomic mass is 15.3. The standard InChI is InChI=1S/C15H20N2/c1-11(2)13-6-5-7-14(8-13)15-9-16-17(10-15)12(3)4/h5-12H,1-4H3. The number of benzene rings is 1. The van der Waals surface area contributed by atoms with Crippen LogP contribution in [0.25, 0.3) is 11.1 Å². The Bertz CT molecular complexity index is 495. The van der Waals surface area contributed by atoms with Crippen LogP contribution in [0.5, 0.6) is 0 Å². The van der Waals surface area contributed by atoms with Gasteiger partial charge in [-0.1, -0.05) is 38.1 Å². The van der Waals surface area contributed by atoms with E-state index in [0.717, 1.165) is 0 Å². The summed E-state index contributed by atoms with van der Waals surface area (Å²) in [6.45, 7) is 8.72. The van der Waals surface area contributed by atoms with Crippen molar-refractivity contribution >= 4 is 0 Å². The molecule has 0 atom stereocenters. The van der Waals surface area contributed by atoms with Gasteiger partial charge < -0.3 is 0 Å². The largest absolute Gasteiger partial charge is 0.270 e. The van der Waals surface area contributed by atoms with Crippen LogP contribution in [0.4, 0.5) is 0 Å². The minimum Gasteiger partial charge on any atom is -0.270 e. The Morgan fingerprint density at radius 2 is 1.82 bits per heavy atom. The fourth-order valence-corrected chi connectivity index (χ4v) is 1.85. The second-order valence-corrected chi connectivity index (χ2v) is 5.08. The summed E-state index contributed by atoms with van der Waals surface area (Å²) in [6.07, 6.45) is 4.06. The Kier molecular flexibility index (Phi) is 3.32. The smallest absolute Gasteiger partial charge is 0.0568 e. The Labute approximate surface area is 103 Å². The van der Waals surface area contributed by atoms with Gasteiger partial charge in [0.15, 0.2) is 0 Å². The maximum Gasteiger partial charge on any atom is 0.0568 e. The summed E-state index contributed by atoms with van der Waals surface area (Å²) in [4.78, 5) is 0. The maximum absolute atomic E-state index is 4.38. The van der Waals surface area contributed by atoms with Crippen LogP contribution in [0.2, 0.25) is 0 Å². The molecule has 0 radical (unpaired) electrons. The van der Waals surface area contributed by atoms with Gasteiger partial charge in [-0.25, -0.2) is 0 Å². The van der Waals surface area contributed by atoms with E-state index in [4.69, 9.17) is 0 Å². The summed E-state index contributed by atoms with van der Waals surface area (Å²) in [5.41, 5.74) is 3.82. The number of hydrogen-bond acceptors (Lipinski definition) is 1. The SMILES string of the molecule is CC(C)c1cccc(-c2cnn(C(C)C)c2)c1. The van der Waals surface area contributed by atoms with E-state index in [2.05, 4.69) is 63.3 Å². The third kappa shape index (κ3) is 2.57. The van der Waals surface area contributed by atoms with Gasteiger partial charge in [-0.05, 0) is 30.9 Å². The molecule has 0 aliphatic rings. The summed E-state index contributed by atoms with van der Waals surface area (Å²) in [5, 5.41) is 4.38.